The lowest BCUT2D eigenvalue weighted by molar-refractivity contribution is 0.102. The molecule has 0 radical (unpaired) electrons. The number of benzene rings is 3. The smallest absolute Gasteiger partial charge is 0.265 e. The Labute approximate surface area is 166 Å². The molecule has 1 heterocycles. The zero-order chi connectivity index (χ0) is 20.5. The highest BCUT2D eigenvalue weighted by Gasteiger charge is 2.12. The van der Waals surface area contributed by atoms with Crippen LogP contribution in [0.3, 0.4) is 0 Å². The second kappa shape index (κ2) is 7.31. The summed E-state index contributed by atoms with van der Waals surface area (Å²) >= 11 is 0. The van der Waals surface area contributed by atoms with Crippen LogP contribution in [0.5, 0.6) is 0 Å². The van der Waals surface area contributed by atoms with Gasteiger partial charge >= 0.3 is 0 Å². The van der Waals surface area contributed by atoms with E-state index in [-0.39, 0.29) is 11.2 Å². The van der Waals surface area contributed by atoms with Gasteiger partial charge in [0, 0.05) is 5.56 Å². The lowest BCUT2D eigenvalue weighted by atomic mass is 10.1. The van der Waals surface area contributed by atoms with Gasteiger partial charge in [0.1, 0.15) is 11.6 Å². The van der Waals surface area contributed by atoms with E-state index >= 15 is 0 Å². The first-order valence-corrected chi connectivity index (χ1v) is 9.10. The van der Waals surface area contributed by atoms with Crippen LogP contribution in [0.1, 0.15) is 21.7 Å². The van der Waals surface area contributed by atoms with E-state index in [0.717, 1.165) is 5.56 Å². The Bertz CT molecular complexity index is 1290. The molecule has 0 saturated carbocycles. The van der Waals surface area contributed by atoms with Gasteiger partial charge in [0.05, 0.1) is 22.3 Å². The first-order valence-electron chi connectivity index (χ1n) is 9.10. The van der Waals surface area contributed by atoms with E-state index in [2.05, 4.69) is 10.3 Å². The number of fused-ring (bicyclic) bond motifs is 1. The molecule has 0 atom stereocenters. The van der Waals surface area contributed by atoms with Crippen molar-refractivity contribution >= 4 is 22.5 Å². The van der Waals surface area contributed by atoms with Crippen LogP contribution in [0.25, 0.3) is 16.6 Å². The molecule has 6 heteroatoms. The molecule has 4 aromatic rings. The van der Waals surface area contributed by atoms with Gasteiger partial charge in [-0.3, -0.25) is 14.2 Å². The van der Waals surface area contributed by atoms with Crippen molar-refractivity contribution in [3.05, 3.63) is 99.9 Å². The molecule has 0 fully saturated rings. The predicted molar refractivity (Wildman–Crippen MR) is 111 cm³/mol. The molecule has 0 aliphatic carbocycles. The van der Waals surface area contributed by atoms with Crippen molar-refractivity contribution in [2.24, 2.45) is 0 Å². The Kier molecular flexibility index (Phi) is 4.68. The van der Waals surface area contributed by atoms with E-state index in [1.54, 1.807) is 62.4 Å². The van der Waals surface area contributed by atoms with E-state index < -0.39 is 11.7 Å². The maximum absolute atomic E-state index is 14.0. The number of amides is 1. The first kappa shape index (κ1) is 18.6. The molecule has 0 unspecified atom stereocenters. The number of carbonyl (C=O) groups excluding carboxylic acids is 1. The summed E-state index contributed by atoms with van der Waals surface area (Å²) in [6.07, 6.45) is 0. The highest BCUT2D eigenvalue weighted by atomic mass is 19.1. The highest BCUT2D eigenvalue weighted by Crippen LogP contribution is 2.18. The molecular weight excluding hydrogens is 369 g/mol. The third kappa shape index (κ3) is 3.52. The second-order valence-electron chi connectivity index (χ2n) is 6.80. The van der Waals surface area contributed by atoms with Crippen molar-refractivity contribution in [2.45, 2.75) is 13.8 Å². The fraction of sp³-hybridized carbons (Fsp3) is 0.0870. The summed E-state index contributed by atoms with van der Waals surface area (Å²) in [7, 11) is 0. The monoisotopic (exact) mass is 387 g/mol. The Morgan fingerprint density at radius 1 is 1.00 bits per heavy atom. The van der Waals surface area contributed by atoms with Crippen molar-refractivity contribution in [2.75, 3.05) is 5.32 Å². The van der Waals surface area contributed by atoms with E-state index in [1.807, 2.05) is 6.07 Å². The summed E-state index contributed by atoms with van der Waals surface area (Å²) in [5.41, 5.74) is 2.32. The van der Waals surface area contributed by atoms with Crippen molar-refractivity contribution in [3.63, 3.8) is 0 Å². The third-order valence-corrected chi connectivity index (χ3v) is 4.70. The Hall–Kier alpha value is -3.80. The third-order valence-electron chi connectivity index (χ3n) is 4.70. The first-order chi connectivity index (χ1) is 13.9. The zero-order valence-electron chi connectivity index (χ0n) is 15.9. The van der Waals surface area contributed by atoms with Crippen molar-refractivity contribution in [1.82, 2.24) is 9.55 Å². The molecule has 0 saturated heterocycles. The molecule has 1 N–H and O–H groups in total. The maximum atomic E-state index is 14.0. The number of anilines is 1. The van der Waals surface area contributed by atoms with Crippen LogP contribution in [-0.4, -0.2) is 15.5 Å². The van der Waals surface area contributed by atoms with Gasteiger partial charge in [0.15, 0.2) is 0 Å². The molecule has 3 aromatic carbocycles. The fourth-order valence-electron chi connectivity index (χ4n) is 3.23. The SMILES string of the molecule is Cc1ccc(NC(=O)c2ccc(-n3c(C)nc4ccccc4c3=O)cc2)c(F)c1. The summed E-state index contributed by atoms with van der Waals surface area (Å²) in [4.78, 5) is 29.8. The van der Waals surface area contributed by atoms with Gasteiger partial charge in [-0.25, -0.2) is 9.37 Å². The van der Waals surface area contributed by atoms with Gasteiger partial charge in [-0.15, -0.1) is 0 Å². The number of para-hydroxylation sites is 1. The fourth-order valence-corrected chi connectivity index (χ4v) is 3.23. The van der Waals surface area contributed by atoms with Crippen LogP contribution in [-0.2, 0) is 0 Å². The molecule has 144 valence electrons. The van der Waals surface area contributed by atoms with Gasteiger partial charge in [-0.05, 0) is 67.9 Å². The summed E-state index contributed by atoms with van der Waals surface area (Å²) in [6.45, 7) is 3.54. The Morgan fingerprint density at radius 2 is 1.72 bits per heavy atom. The minimum atomic E-state index is -0.487. The highest BCUT2D eigenvalue weighted by molar-refractivity contribution is 6.04. The van der Waals surface area contributed by atoms with Crippen LogP contribution < -0.4 is 10.9 Å². The lowest BCUT2D eigenvalue weighted by Crippen LogP contribution is -2.22. The normalized spacial score (nSPS) is 10.9. The van der Waals surface area contributed by atoms with Gasteiger partial charge in [-0.1, -0.05) is 18.2 Å². The summed E-state index contributed by atoms with van der Waals surface area (Å²) in [5, 5.41) is 3.09. The second-order valence-corrected chi connectivity index (χ2v) is 6.80. The molecule has 1 aromatic heterocycles. The Balaban J connectivity index is 1.65. The summed E-state index contributed by atoms with van der Waals surface area (Å²) in [6, 6.07) is 18.3. The number of halogens is 1. The minimum absolute atomic E-state index is 0.121. The van der Waals surface area contributed by atoms with Crippen molar-refractivity contribution < 1.29 is 9.18 Å². The van der Waals surface area contributed by atoms with Crippen LogP contribution >= 0.6 is 0 Å². The van der Waals surface area contributed by atoms with E-state index in [9.17, 15) is 14.0 Å². The summed E-state index contributed by atoms with van der Waals surface area (Å²) < 4.78 is 15.5. The van der Waals surface area contributed by atoms with Gasteiger partial charge < -0.3 is 5.32 Å². The van der Waals surface area contributed by atoms with Gasteiger partial charge in [-0.2, -0.15) is 0 Å². The van der Waals surface area contributed by atoms with Crippen molar-refractivity contribution in [1.29, 1.82) is 0 Å². The zero-order valence-corrected chi connectivity index (χ0v) is 15.9. The Morgan fingerprint density at radius 3 is 2.45 bits per heavy atom. The largest absolute Gasteiger partial charge is 0.319 e. The van der Waals surface area contributed by atoms with Crippen LogP contribution in [0.15, 0.2) is 71.5 Å². The average Bonchev–Trinajstić information content (AvgIpc) is 2.70. The number of aryl methyl sites for hydroxylation is 2. The maximum Gasteiger partial charge on any atom is 0.265 e. The number of hydrogen-bond donors (Lipinski definition) is 1. The van der Waals surface area contributed by atoms with Gasteiger partial charge in [0.25, 0.3) is 11.5 Å². The van der Waals surface area contributed by atoms with E-state index in [0.29, 0.717) is 28.0 Å². The molecule has 0 spiro atoms. The minimum Gasteiger partial charge on any atom is -0.319 e. The number of carbonyl (C=O) groups is 1. The molecule has 4 rings (SSSR count). The number of hydrogen-bond acceptors (Lipinski definition) is 3. The quantitative estimate of drug-likeness (QED) is 0.567. The number of aromatic nitrogens is 2. The van der Waals surface area contributed by atoms with Crippen LogP contribution in [0.4, 0.5) is 10.1 Å². The van der Waals surface area contributed by atoms with Crippen molar-refractivity contribution in [3.8, 4) is 5.69 Å². The predicted octanol–water partition coefficient (Wildman–Crippen LogP) is 4.39. The standard InChI is InChI=1S/C23H18FN3O2/c1-14-7-12-21(19(24)13-14)26-22(28)16-8-10-17(11-9-16)27-15(2)25-20-6-4-3-5-18(20)23(27)29/h3-13H,1-2H3,(H,26,28). The molecule has 0 aliphatic rings. The molecule has 0 aliphatic heterocycles. The number of nitrogens with zero attached hydrogens (tertiary/aromatic N) is 2. The molecule has 5 nitrogen and oxygen atoms in total. The average molecular weight is 387 g/mol. The molecular formula is C23H18FN3O2. The van der Waals surface area contributed by atoms with Gasteiger partial charge in [0.2, 0.25) is 0 Å². The number of rotatable bonds is 3. The molecule has 1 amide bonds. The lowest BCUT2D eigenvalue weighted by Gasteiger charge is -2.12. The topological polar surface area (TPSA) is 64.0 Å². The summed E-state index contributed by atoms with van der Waals surface area (Å²) in [5.74, 6) is -0.368. The van der Waals surface area contributed by atoms with Crippen LogP contribution in [0.2, 0.25) is 0 Å². The van der Waals surface area contributed by atoms with Crippen LogP contribution in [0, 0.1) is 19.7 Å². The number of nitrogens with one attached hydrogen (secondary N) is 1. The van der Waals surface area contributed by atoms with E-state index in [4.69, 9.17) is 0 Å². The van der Waals surface area contributed by atoms with E-state index in [1.165, 1.54) is 16.7 Å². The molecule has 0 bridgehead atoms. The molecule has 29 heavy (non-hydrogen) atoms.